The highest BCUT2D eigenvalue weighted by Crippen LogP contribution is 2.26. The molecule has 18 heavy (non-hydrogen) atoms. The maximum absolute atomic E-state index is 2.76. The quantitative estimate of drug-likeness (QED) is 0.760. The van der Waals surface area contributed by atoms with Gasteiger partial charge in [-0.05, 0) is 47.2 Å². The lowest BCUT2D eigenvalue weighted by Gasteiger charge is -2.44. The Balaban J connectivity index is 1.82. The van der Waals surface area contributed by atoms with Crippen LogP contribution in [-0.2, 0) is 0 Å². The molecule has 1 heterocycles. The van der Waals surface area contributed by atoms with Gasteiger partial charge in [0.2, 0.25) is 0 Å². The largest absolute Gasteiger partial charge is 0.306 e. The van der Waals surface area contributed by atoms with E-state index < -0.39 is 0 Å². The molecule has 1 saturated heterocycles. The summed E-state index contributed by atoms with van der Waals surface area (Å²) >= 11 is 0. The van der Waals surface area contributed by atoms with Crippen LogP contribution in [0, 0.1) is 0 Å². The van der Waals surface area contributed by atoms with E-state index in [1.165, 1.54) is 51.9 Å². The van der Waals surface area contributed by atoms with Crippen molar-refractivity contribution in [1.82, 2.24) is 14.7 Å². The Bertz CT molecular complexity index is 244. The minimum absolute atomic E-state index is 0.716. The Labute approximate surface area is 113 Å². The Kier molecular flexibility index (Phi) is 5.05. The van der Waals surface area contributed by atoms with Crippen LogP contribution >= 0.6 is 0 Å². The third-order valence-electron chi connectivity index (χ3n) is 4.94. The molecule has 0 radical (unpaired) electrons. The van der Waals surface area contributed by atoms with Crippen LogP contribution in [-0.4, -0.2) is 73.1 Å². The van der Waals surface area contributed by atoms with Crippen molar-refractivity contribution in [3.8, 4) is 0 Å². The van der Waals surface area contributed by atoms with Gasteiger partial charge in [-0.3, -0.25) is 9.80 Å². The molecule has 1 saturated carbocycles. The summed E-state index contributed by atoms with van der Waals surface area (Å²) in [6, 6.07) is 2.38. The Morgan fingerprint density at radius 3 is 2.22 bits per heavy atom. The number of hydrogen-bond acceptors (Lipinski definition) is 3. The van der Waals surface area contributed by atoms with Crippen molar-refractivity contribution in [2.75, 3.05) is 40.3 Å². The second kappa shape index (κ2) is 6.36. The topological polar surface area (TPSA) is 9.72 Å². The third-order valence-corrected chi connectivity index (χ3v) is 4.94. The smallest absolute Gasteiger partial charge is 0.0113 e. The number of rotatable bonds is 3. The third kappa shape index (κ3) is 3.46. The van der Waals surface area contributed by atoms with Gasteiger partial charge in [0.15, 0.2) is 0 Å². The van der Waals surface area contributed by atoms with E-state index >= 15 is 0 Å². The Hall–Kier alpha value is -0.120. The van der Waals surface area contributed by atoms with E-state index in [9.17, 15) is 0 Å². The molecule has 0 N–H and O–H groups in total. The van der Waals surface area contributed by atoms with E-state index in [-0.39, 0.29) is 0 Å². The highest BCUT2D eigenvalue weighted by Gasteiger charge is 2.30. The second-order valence-corrected chi connectivity index (χ2v) is 6.60. The molecule has 3 nitrogen and oxygen atoms in total. The standard InChI is InChI=1S/C15H31N3/c1-13(2)17-8-10-18(11-9-17)15-7-5-6-14(12-15)16(3)4/h13-15H,5-12H2,1-4H3. The van der Waals surface area contributed by atoms with Crippen LogP contribution in [0.2, 0.25) is 0 Å². The van der Waals surface area contributed by atoms with Gasteiger partial charge in [0.05, 0.1) is 0 Å². The highest BCUT2D eigenvalue weighted by molar-refractivity contribution is 4.86. The van der Waals surface area contributed by atoms with Crippen molar-refractivity contribution in [3.05, 3.63) is 0 Å². The number of nitrogens with zero attached hydrogens (tertiary/aromatic N) is 3. The van der Waals surface area contributed by atoms with Crippen molar-refractivity contribution < 1.29 is 0 Å². The van der Waals surface area contributed by atoms with Crippen molar-refractivity contribution in [2.45, 2.75) is 57.7 Å². The van der Waals surface area contributed by atoms with Crippen LogP contribution in [0.5, 0.6) is 0 Å². The van der Waals surface area contributed by atoms with Crippen LogP contribution in [0.25, 0.3) is 0 Å². The zero-order valence-corrected chi connectivity index (χ0v) is 12.7. The molecule has 2 atom stereocenters. The molecule has 2 unspecified atom stereocenters. The summed E-state index contributed by atoms with van der Waals surface area (Å²) in [6.45, 7) is 9.73. The molecule has 0 bridgehead atoms. The van der Waals surface area contributed by atoms with E-state index in [1.807, 2.05) is 0 Å². The van der Waals surface area contributed by atoms with Crippen molar-refractivity contribution in [1.29, 1.82) is 0 Å². The van der Waals surface area contributed by atoms with Gasteiger partial charge in [-0.1, -0.05) is 6.42 Å². The zero-order valence-electron chi connectivity index (χ0n) is 12.7. The zero-order chi connectivity index (χ0) is 13.1. The minimum Gasteiger partial charge on any atom is -0.306 e. The molecule has 1 aliphatic carbocycles. The van der Waals surface area contributed by atoms with Crippen molar-refractivity contribution in [3.63, 3.8) is 0 Å². The second-order valence-electron chi connectivity index (χ2n) is 6.60. The molecule has 0 aromatic rings. The average Bonchev–Trinajstić information content (AvgIpc) is 2.39. The lowest BCUT2D eigenvalue weighted by Crippen LogP contribution is -2.54. The van der Waals surface area contributed by atoms with E-state index in [1.54, 1.807) is 0 Å². The van der Waals surface area contributed by atoms with Gasteiger partial charge in [0, 0.05) is 44.3 Å². The molecular weight excluding hydrogens is 222 g/mol. The fourth-order valence-electron chi connectivity index (χ4n) is 3.56. The predicted octanol–water partition coefficient (Wildman–Crippen LogP) is 1.89. The maximum Gasteiger partial charge on any atom is 0.0113 e. The van der Waals surface area contributed by atoms with E-state index in [2.05, 4.69) is 42.6 Å². The monoisotopic (exact) mass is 253 g/mol. The molecule has 0 aromatic carbocycles. The van der Waals surface area contributed by atoms with Gasteiger partial charge in [-0.15, -0.1) is 0 Å². The first-order chi connectivity index (χ1) is 8.58. The Morgan fingerprint density at radius 1 is 1.00 bits per heavy atom. The Morgan fingerprint density at radius 2 is 1.67 bits per heavy atom. The van der Waals surface area contributed by atoms with Gasteiger partial charge in [-0.25, -0.2) is 0 Å². The van der Waals surface area contributed by atoms with Crippen LogP contribution in [0.15, 0.2) is 0 Å². The van der Waals surface area contributed by atoms with Gasteiger partial charge < -0.3 is 4.90 Å². The minimum atomic E-state index is 0.716. The SMILES string of the molecule is CC(C)N1CCN(C2CCCC(N(C)C)C2)CC1. The van der Waals surface area contributed by atoms with Gasteiger partial charge in [0.1, 0.15) is 0 Å². The summed E-state index contributed by atoms with van der Waals surface area (Å²) in [5.41, 5.74) is 0. The summed E-state index contributed by atoms with van der Waals surface area (Å²) in [5, 5.41) is 0. The molecule has 2 fully saturated rings. The molecule has 2 aliphatic rings. The normalized spacial score (nSPS) is 32.3. The summed E-state index contributed by atoms with van der Waals surface area (Å²) in [6.07, 6.45) is 5.62. The molecular formula is C15H31N3. The van der Waals surface area contributed by atoms with E-state index in [0.29, 0.717) is 6.04 Å². The first-order valence-electron chi connectivity index (χ1n) is 7.72. The number of hydrogen-bond donors (Lipinski definition) is 0. The molecule has 106 valence electrons. The molecule has 2 rings (SSSR count). The molecule has 1 aliphatic heterocycles. The van der Waals surface area contributed by atoms with Crippen molar-refractivity contribution in [2.24, 2.45) is 0 Å². The first kappa shape index (κ1) is 14.3. The van der Waals surface area contributed by atoms with Crippen LogP contribution in [0.3, 0.4) is 0 Å². The van der Waals surface area contributed by atoms with Gasteiger partial charge in [-0.2, -0.15) is 0 Å². The van der Waals surface area contributed by atoms with Gasteiger partial charge in [0.25, 0.3) is 0 Å². The fraction of sp³-hybridized carbons (Fsp3) is 1.00. The summed E-state index contributed by atoms with van der Waals surface area (Å²) in [4.78, 5) is 7.80. The molecule has 0 spiro atoms. The lowest BCUT2D eigenvalue weighted by atomic mass is 9.89. The highest BCUT2D eigenvalue weighted by atomic mass is 15.3. The van der Waals surface area contributed by atoms with E-state index in [4.69, 9.17) is 0 Å². The molecule has 0 amide bonds. The summed E-state index contributed by atoms with van der Waals surface area (Å²) in [5.74, 6) is 0. The number of piperazine rings is 1. The predicted molar refractivity (Wildman–Crippen MR) is 78.0 cm³/mol. The van der Waals surface area contributed by atoms with Crippen LogP contribution < -0.4 is 0 Å². The van der Waals surface area contributed by atoms with E-state index in [0.717, 1.165) is 12.1 Å². The molecule has 0 aromatic heterocycles. The van der Waals surface area contributed by atoms with Crippen LogP contribution in [0.4, 0.5) is 0 Å². The van der Waals surface area contributed by atoms with Gasteiger partial charge >= 0.3 is 0 Å². The first-order valence-corrected chi connectivity index (χ1v) is 7.72. The van der Waals surface area contributed by atoms with Crippen molar-refractivity contribution >= 4 is 0 Å². The van der Waals surface area contributed by atoms with Crippen LogP contribution in [0.1, 0.15) is 39.5 Å². The summed E-state index contributed by atoms with van der Waals surface area (Å²) < 4.78 is 0. The average molecular weight is 253 g/mol. The summed E-state index contributed by atoms with van der Waals surface area (Å²) in [7, 11) is 4.48. The molecule has 3 heteroatoms. The lowest BCUT2D eigenvalue weighted by molar-refractivity contribution is 0.0479. The fourth-order valence-corrected chi connectivity index (χ4v) is 3.56. The maximum atomic E-state index is 2.76.